The predicted octanol–water partition coefficient (Wildman–Crippen LogP) is 4.39. The topological polar surface area (TPSA) is 35.2 Å². The van der Waals surface area contributed by atoms with Crippen LogP contribution in [-0.4, -0.2) is 0 Å². The Labute approximate surface area is 128 Å². The Bertz CT molecular complexity index is 659. The van der Waals surface area contributed by atoms with E-state index in [9.17, 15) is 4.39 Å². The molecule has 0 amide bonds. The van der Waals surface area contributed by atoms with Crippen molar-refractivity contribution in [1.29, 1.82) is 0 Å². The maximum Gasteiger partial charge on any atom is 0.142 e. The summed E-state index contributed by atoms with van der Waals surface area (Å²) in [7, 11) is 0. The van der Waals surface area contributed by atoms with Gasteiger partial charge in [-0.25, -0.2) is 4.39 Å². The maximum absolute atomic E-state index is 13.4. The van der Waals surface area contributed by atoms with Gasteiger partial charge in [-0.05, 0) is 48.6 Å². The Kier molecular flexibility index (Phi) is 4.13. The van der Waals surface area contributed by atoms with Crippen molar-refractivity contribution in [3.05, 3.63) is 63.9 Å². The van der Waals surface area contributed by atoms with Crippen LogP contribution in [0.1, 0.15) is 35.6 Å². The lowest BCUT2D eigenvalue weighted by Gasteiger charge is -2.22. The van der Waals surface area contributed by atoms with E-state index >= 15 is 0 Å². The molecule has 2 aromatic rings. The Morgan fingerprint density at radius 1 is 1.29 bits per heavy atom. The van der Waals surface area contributed by atoms with Crippen molar-refractivity contribution in [2.75, 3.05) is 0 Å². The second kappa shape index (κ2) is 6.04. The lowest BCUT2D eigenvalue weighted by Crippen LogP contribution is -2.17. The van der Waals surface area contributed by atoms with Gasteiger partial charge in [-0.15, -0.1) is 0 Å². The average Bonchev–Trinajstić information content (AvgIpc) is 2.49. The highest BCUT2D eigenvalue weighted by molar-refractivity contribution is 6.31. The van der Waals surface area contributed by atoms with Crippen molar-refractivity contribution in [3.8, 4) is 5.75 Å². The van der Waals surface area contributed by atoms with Crippen LogP contribution in [0.3, 0.4) is 0 Å². The lowest BCUT2D eigenvalue weighted by atomic mass is 9.88. The Morgan fingerprint density at radius 2 is 2.14 bits per heavy atom. The van der Waals surface area contributed by atoms with Crippen molar-refractivity contribution in [2.45, 2.75) is 31.9 Å². The van der Waals surface area contributed by atoms with Gasteiger partial charge in [0.05, 0.1) is 5.02 Å². The molecule has 0 saturated carbocycles. The summed E-state index contributed by atoms with van der Waals surface area (Å²) in [6, 6.07) is 10.8. The van der Waals surface area contributed by atoms with E-state index in [0.29, 0.717) is 5.56 Å². The summed E-state index contributed by atoms with van der Waals surface area (Å²) in [4.78, 5) is 0. The van der Waals surface area contributed by atoms with Gasteiger partial charge in [0.2, 0.25) is 0 Å². The second-order valence-electron chi connectivity index (χ2n) is 5.36. The normalized spacial score (nSPS) is 17.4. The van der Waals surface area contributed by atoms with Crippen LogP contribution >= 0.6 is 11.6 Å². The van der Waals surface area contributed by atoms with Crippen molar-refractivity contribution >= 4 is 11.6 Å². The molecule has 0 heterocycles. The van der Waals surface area contributed by atoms with Crippen LogP contribution in [0, 0.1) is 5.82 Å². The fourth-order valence-corrected chi connectivity index (χ4v) is 2.91. The number of aryl methyl sites for hydroxylation is 1. The number of hydrogen-bond donors (Lipinski definition) is 1. The first-order chi connectivity index (χ1) is 10.1. The highest BCUT2D eigenvalue weighted by atomic mass is 35.5. The minimum Gasteiger partial charge on any atom is -0.489 e. The number of rotatable bonds is 3. The molecule has 1 atom stereocenters. The summed E-state index contributed by atoms with van der Waals surface area (Å²) in [6.07, 6.45) is 3.21. The largest absolute Gasteiger partial charge is 0.489 e. The molecule has 0 unspecified atom stereocenters. The molecule has 0 radical (unpaired) electrons. The van der Waals surface area contributed by atoms with E-state index in [-0.39, 0.29) is 17.7 Å². The Morgan fingerprint density at radius 3 is 3.00 bits per heavy atom. The summed E-state index contributed by atoms with van der Waals surface area (Å²) >= 11 is 5.92. The van der Waals surface area contributed by atoms with Gasteiger partial charge in [0.1, 0.15) is 18.2 Å². The number of ether oxygens (including phenoxy) is 1. The van der Waals surface area contributed by atoms with Crippen LogP contribution in [0.5, 0.6) is 5.75 Å². The van der Waals surface area contributed by atoms with Gasteiger partial charge in [0.25, 0.3) is 0 Å². The zero-order valence-corrected chi connectivity index (χ0v) is 12.4. The molecule has 3 rings (SSSR count). The summed E-state index contributed by atoms with van der Waals surface area (Å²) in [5.41, 5.74) is 9.23. The SMILES string of the molecule is N[C@@H]1CCCc2ccc(OCc3cccc(F)c3Cl)cc21. The molecule has 2 N–H and O–H groups in total. The van der Waals surface area contributed by atoms with E-state index in [1.54, 1.807) is 12.1 Å². The monoisotopic (exact) mass is 305 g/mol. The Balaban J connectivity index is 1.77. The quantitative estimate of drug-likeness (QED) is 0.912. The molecule has 2 nitrogen and oxygen atoms in total. The number of halogens is 2. The molecule has 0 spiro atoms. The fourth-order valence-electron chi connectivity index (χ4n) is 2.72. The van der Waals surface area contributed by atoms with E-state index < -0.39 is 5.82 Å². The number of nitrogens with two attached hydrogens (primary N) is 1. The summed E-state index contributed by atoms with van der Waals surface area (Å²) in [5.74, 6) is 0.316. The summed E-state index contributed by atoms with van der Waals surface area (Å²) in [6.45, 7) is 0.241. The van der Waals surface area contributed by atoms with Crippen molar-refractivity contribution in [2.24, 2.45) is 5.73 Å². The first-order valence-electron chi connectivity index (χ1n) is 7.09. The number of fused-ring (bicyclic) bond motifs is 1. The average molecular weight is 306 g/mol. The Hall–Kier alpha value is -1.58. The van der Waals surface area contributed by atoms with Crippen LogP contribution < -0.4 is 10.5 Å². The highest BCUT2D eigenvalue weighted by Gasteiger charge is 2.17. The molecule has 0 saturated heterocycles. The molecular weight excluding hydrogens is 289 g/mol. The molecule has 0 bridgehead atoms. The summed E-state index contributed by atoms with van der Waals surface area (Å²) in [5, 5.41) is 0.118. The minimum atomic E-state index is -0.426. The third-order valence-electron chi connectivity index (χ3n) is 3.90. The molecule has 0 aromatic heterocycles. The molecule has 110 valence electrons. The molecule has 1 aliphatic carbocycles. The van der Waals surface area contributed by atoms with E-state index in [2.05, 4.69) is 6.07 Å². The molecule has 2 aromatic carbocycles. The van der Waals surface area contributed by atoms with Crippen LogP contribution in [0.25, 0.3) is 0 Å². The van der Waals surface area contributed by atoms with E-state index in [0.717, 1.165) is 30.6 Å². The van der Waals surface area contributed by atoms with E-state index in [4.69, 9.17) is 22.1 Å². The van der Waals surface area contributed by atoms with Crippen LogP contribution in [0.4, 0.5) is 4.39 Å². The first kappa shape index (κ1) is 14.4. The van der Waals surface area contributed by atoms with Gasteiger partial charge in [0.15, 0.2) is 0 Å². The fraction of sp³-hybridized carbons (Fsp3) is 0.294. The summed E-state index contributed by atoms with van der Waals surface area (Å²) < 4.78 is 19.1. The molecule has 21 heavy (non-hydrogen) atoms. The zero-order valence-electron chi connectivity index (χ0n) is 11.6. The van der Waals surface area contributed by atoms with Gasteiger partial charge in [-0.1, -0.05) is 29.8 Å². The van der Waals surface area contributed by atoms with Gasteiger partial charge in [-0.3, -0.25) is 0 Å². The first-order valence-corrected chi connectivity index (χ1v) is 7.47. The molecule has 1 aliphatic rings. The standard InChI is InChI=1S/C17H17ClFNO/c18-17-12(4-1-5-15(17)19)10-21-13-8-7-11-3-2-6-16(20)14(11)9-13/h1,4-5,7-9,16H,2-3,6,10,20H2/t16-/m1/s1. The number of hydrogen-bond acceptors (Lipinski definition) is 2. The third kappa shape index (κ3) is 3.04. The van der Waals surface area contributed by atoms with Crippen molar-refractivity contribution in [1.82, 2.24) is 0 Å². The molecular formula is C17H17ClFNO. The smallest absolute Gasteiger partial charge is 0.142 e. The van der Waals surface area contributed by atoms with E-state index in [1.807, 2.05) is 12.1 Å². The van der Waals surface area contributed by atoms with Crippen LogP contribution in [0.2, 0.25) is 5.02 Å². The van der Waals surface area contributed by atoms with Gasteiger partial charge >= 0.3 is 0 Å². The van der Waals surface area contributed by atoms with Gasteiger partial charge in [-0.2, -0.15) is 0 Å². The van der Waals surface area contributed by atoms with Gasteiger partial charge in [0, 0.05) is 11.6 Å². The zero-order chi connectivity index (χ0) is 14.8. The van der Waals surface area contributed by atoms with Gasteiger partial charge < -0.3 is 10.5 Å². The van der Waals surface area contributed by atoms with Crippen molar-refractivity contribution in [3.63, 3.8) is 0 Å². The van der Waals surface area contributed by atoms with Crippen LogP contribution in [0.15, 0.2) is 36.4 Å². The minimum absolute atomic E-state index is 0.0788. The highest BCUT2D eigenvalue weighted by Crippen LogP contribution is 2.31. The number of benzene rings is 2. The molecule has 0 aliphatic heterocycles. The predicted molar refractivity (Wildman–Crippen MR) is 82.1 cm³/mol. The third-order valence-corrected chi connectivity index (χ3v) is 4.33. The van der Waals surface area contributed by atoms with Crippen molar-refractivity contribution < 1.29 is 9.13 Å². The second-order valence-corrected chi connectivity index (χ2v) is 5.74. The molecule has 0 fully saturated rings. The lowest BCUT2D eigenvalue weighted by molar-refractivity contribution is 0.304. The molecule has 4 heteroatoms. The maximum atomic E-state index is 13.4. The van der Waals surface area contributed by atoms with Crippen LogP contribution in [-0.2, 0) is 13.0 Å². The van der Waals surface area contributed by atoms with E-state index in [1.165, 1.54) is 11.6 Å².